The third-order valence-corrected chi connectivity index (χ3v) is 6.03. The van der Waals surface area contributed by atoms with E-state index in [1.807, 2.05) is 26.0 Å². The van der Waals surface area contributed by atoms with E-state index in [4.69, 9.17) is 4.74 Å². The number of esters is 1. The van der Waals surface area contributed by atoms with E-state index in [2.05, 4.69) is 4.98 Å². The summed E-state index contributed by atoms with van der Waals surface area (Å²) in [4.78, 5) is 31.7. The highest BCUT2D eigenvalue weighted by Crippen LogP contribution is 2.33. The average molecular weight is 382 g/mol. The molecule has 1 aliphatic rings. The van der Waals surface area contributed by atoms with Crippen molar-refractivity contribution in [3.05, 3.63) is 62.5 Å². The Hall–Kier alpha value is -2.47. The van der Waals surface area contributed by atoms with Gasteiger partial charge in [-0.25, -0.2) is 9.78 Å². The smallest absolute Gasteiger partial charge is 0.338 e. The molecule has 1 aromatic carbocycles. The summed E-state index contributed by atoms with van der Waals surface area (Å²) < 4.78 is 6.86. The Labute approximate surface area is 161 Å². The van der Waals surface area contributed by atoms with Crippen LogP contribution in [-0.4, -0.2) is 21.6 Å². The van der Waals surface area contributed by atoms with Crippen LogP contribution in [-0.2, 0) is 24.1 Å². The minimum absolute atomic E-state index is 0.0303. The van der Waals surface area contributed by atoms with Crippen molar-refractivity contribution in [3.63, 3.8) is 0 Å². The van der Waals surface area contributed by atoms with E-state index in [0.29, 0.717) is 12.1 Å². The number of aromatic nitrogens is 2. The van der Waals surface area contributed by atoms with Crippen molar-refractivity contribution in [2.45, 2.75) is 52.2 Å². The van der Waals surface area contributed by atoms with Crippen LogP contribution in [0.3, 0.4) is 0 Å². The minimum atomic E-state index is -0.332. The number of hydrogen-bond donors (Lipinski definition) is 0. The molecule has 0 radical (unpaired) electrons. The van der Waals surface area contributed by atoms with E-state index < -0.39 is 0 Å². The highest BCUT2D eigenvalue weighted by Gasteiger charge is 2.20. The maximum atomic E-state index is 13.0. The number of nitrogens with zero attached hydrogens (tertiary/aromatic N) is 2. The van der Waals surface area contributed by atoms with Crippen molar-refractivity contribution in [3.8, 4) is 0 Å². The number of aryl methyl sites for hydroxylation is 2. The Morgan fingerprint density at radius 2 is 1.96 bits per heavy atom. The molecule has 0 fully saturated rings. The zero-order valence-electron chi connectivity index (χ0n) is 15.5. The van der Waals surface area contributed by atoms with Gasteiger partial charge in [-0.2, -0.15) is 0 Å². The Bertz CT molecular complexity index is 1050. The third-order valence-electron chi connectivity index (χ3n) is 4.83. The largest absolute Gasteiger partial charge is 0.459 e. The van der Waals surface area contributed by atoms with Crippen LogP contribution in [0.5, 0.6) is 0 Å². The lowest BCUT2D eigenvalue weighted by atomic mass is 9.97. The Kier molecular flexibility index (Phi) is 4.83. The fraction of sp³-hybridized carbons (Fsp3) is 0.381. The number of ether oxygens (including phenoxy) is 1. The summed E-state index contributed by atoms with van der Waals surface area (Å²) in [5.74, 6) is -0.332. The molecule has 0 unspecified atom stereocenters. The van der Waals surface area contributed by atoms with Crippen LogP contribution >= 0.6 is 11.3 Å². The highest BCUT2D eigenvalue weighted by molar-refractivity contribution is 7.18. The molecule has 0 spiro atoms. The second kappa shape index (κ2) is 7.27. The summed E-state index contributed by atoms with van der Waals surface area (Å²) >= 11 is 1.66. The number of hydrogen-bond acceptors (Lipinski definition) is 5. The fourth-order valence-corrected chi connectivity index (χ4v) is 4.74. The molecule has 1 aliphatic carbocycles. The Morgan fingerprint density at radius 3 is 2.70 bits per heavy atom. The van der Waals surface area contributed by atoms with E-state index in [1.54, 1.807) is 34.4 Å². The van der Waals surface area contributed by atoms with Gasteiger partial charge >= 0.3 is 5.97 Å². The minimum Gasteiger partial charge on any atom is -0.459 e. The zero-order valence-corrected chi connectivity index (χ0v) is 16.3. The van der Waals surface area contributed by atoms with Crippen molar-refractivity contribution in [1.29, 1.82) is 0 Å². The lowest BCUT2D eigenvalue weighted by Crippen LogP contribution is -2.21. The fourth-order valence-electron chi connectivity index (χ4n) is 3.52. The standard InChI is InChI=1S/C21H22N2O3S/c1-13(2)26-21(25)15-9-7-14(8-10-15)11-23-12-22-19-18(20(23)24)16-5-3-4-6-17(16)27-19/h7-10,12-13H,3-6,11H2,1-2H3. The van der Waals surface area contributed by atoms with E-state index in [1.165, 1.54) is 16.9 Å². The van der Waals surface area contributed by atoms with Gasteiger partial charge in [-0.1, -0.05) is 12.1 Å². The molecule has 4 rings (SSSR count). The first-order valence-electron chi connectivity index (χ1n) is 9.32. The molecule has 27 heavy (non-hydrogen) atoms. The first-order chi connectivity index (χ1) is 13.0. The van der Waals surface area contributed by atoms with Crippen LogP contribution < -0.4 is 5.56 Å². The van der Waals surface area contributed by atoms with Gasteiger partial charge in [0, 0.05) is 4.88 Å². The summed E-state index contributed by atoms with van der Waals surface area (Å²) in [5.41, 5.74) is 2.70. The predicted octanol–water partition coefficient (Wildman–Crippen LogP) is 3.95. The van der Waals surface area contributed by atoms with Gasteiger partial charge in [-0.3, -0.25) is 9.36 Å². The molecule has 0 saturated carbocycles. The number of benzene rings is 1. The third kappa shape index (κ3) is 3.54. The van der Waals surface area contributed by atoms with Crippen LogP contribution in [0.4, 0.5) is 0 Å². The van der Waals surface area contributed by atoms with E-state index >= 15 is 0 Å². The van der Waals surface area contributed by atoms with E-state index in [0.717, 1.165) is 35.0 Å². The summed E-state index contributed by atoms with van der Waals surface area (Å²) in [7, 11) is 0. The van der Waals surface area contributed by atoms with Gasteiger partial charge in [0.15, 0.2) is 0 Å². The van der Waals surface area contributed by atoms with Crippen LogP contribution in [0, 0.1) is 0 Å². The summed E-state index contributed by atoms with van der Waals surface area (Å²) in [6.45, 7) is 4.09. The lowest BCUT2D eigenvalue weighted by Gasteiger charge is -2.11. The molecule has 140 valence electrons. The summed E-state index contributed by atoms with van der Waals surface area (Å²) in [6, 6.07) is 7.19. The van der Waals surface area contributed by atoms with Gasteiger partial charge in [0.25, 0.3) is 5.56 Å². The van der Waals surface area contributed by atoms with Gasteiger partial charge in [-0.15, -0.1) is 11.3 Å². The van der Waals surface area contributed by atoms with Crippen molar-refractivity contribution in [2.24, 2.45) is 0 Å². The quantitative estimate of drug-likeness (QED) is 0.641. The van der Waals surface area contributed by atoms with E-state index in [-0.39, 0.29) is 17.6 Å². The number of carbonyl (C=O) groups excluding carboxylic acids is 1. The number of thiophene rings is 1. The van der Waals surface area contributed by atoms with Gasteiger partial charge in [0.1, 0.15) is 4.83 Å². The molecular formula is C21H22N2O3S. The van der Waals surface area contributed by atoms with Crippen molar-refractivity contribution < 1.29 is 9.53 Å². The maximum Gasteiger partial charge on any atom is 0.338 e. The highest BCUT2D eigenvalue weighted by atomic mass is 32.1. The van der Waals surface area contributed by atoms with Gasteiger partial charge in [0.2, 0.25) is 0 Å². The SMILES string of the molecule is CC(C)OC(=O)c1ccc(Cn2cnc3sc4c(c3c2=O)CCCC4)cc1. The average Bonchev–Trinajstić information content (AvgIpc) is 3.03. The maximum absolute atomic E-state index is 13.0. The molecule has 2 heterocycles. The van der Waals surface area contributed by atoms with Gasteiger partial charge < -0.3 is 4.74 Å². The van der Waals surface area contributed by atoms with Crippen molar-refractivity contribution in [1.82, 2.24) is 9.55 Å². The van der Waals surface area contributed by atoms with E-state index in [9.17, 15) is 9.59 Å². The van der Waals surface area contributed by atoms with Gasteiger partial charge in [0.05, 0.1) is 29.9 Å². The first kappa shape index (κ1) is 17.9. The van der Waals surface area contributed by atoms with Crippen LogP contribution in [0.15, 0.2) is 35.4 Å². The molecule has 0 amide bonds. The Morgan fingerprint density at radius 1 is 1.22 bits per heavy atom. The normalized spacial score (nSPS) is 13.7. The topological polar surface area (TPSA) is 61.2 Å². The molecule has 2 aromatic heterocycles. The monoisotopic (exact) mass is 382 g/mol. The van der Waals surface area contributed by atoms with Crippen LogP contribution in [0.1, 0.15) is 53.1 Å². The molecule has 6 heteroatoms. The molecule has 0 atom stereocenters. The second-order valence-corrected chi connectivity index (χ2v) is 8.30. The van der Waals surface area contributed by atoms with Gasteiger partial charge in [-0.05, 0) is 62.8 Å². The number of fused-ring (bicyclic) bond motifs is 3. The predicted molar refractivity (Wildman–Crippen MR) is 107 cm³/mol. The molecule has 0 aliphatic heterocycles. The summed E-state index contributed by atoms with van der Waals surface area (Å²) in [6.07, 6.45) is 5.85. The molecular weight excluding hydrogens is 360 g/mol. The van der Waals surface area contributed by atoms with Crippen LogP contribution in [0.2, 0.25) is 0 Å². The molecule has 0 N–H and O–H groups in total. The number of rotatable bonds is 4. The first-order valence-corrected chi connectivity index (χ1v) is 10.1. The van der Waals surface area contributed by atoms with Crippen LogP contribution in [0.25, 0.3) is 10.2 Å². The molecule has 0 saturated heterocycles. The number of carbonyl (C=O) groups is 1. The molecule has 5 nitrogen and oxygen atoms in total. The van der Waals surface area contributed by atoms with Crippen molar-refractivity contribution >= 4 is 27.5 Å². The lowest BCUT2D eigenvalue weighted by molar-refractivity contribution is 0.0378. The second-order valence-electron chi connectivity index (χ2n) is 7.22. The van der Waals surface area contributed by atoms with Crippen molar-refractivity contribution in [2.75, 3.05) is 0 Å². The molecule has 0 bridgehead atoms. The zero-order chi connectivity index (χ0) is 19.0. The molecule has 3 aromatic rings. The Balaban J connectivity index is 1.61. The summed E-state index contributed by atoms with van der Waals surface area (Å²) in [5, 5.41) is 0.800.